The molecule has 0 aliphatic rings. The number of ether oxygens (including phenoxy) is 2. The minimum atomic E-state index is 0.581. The molecule has 4 aromatic rings. The highest BCUT2D eigenvalue weighted by Gasteiger charge is 2.08. The van der Waals surface area contributed by atoms with Crippen LogP contribution >= 0.6 is 23.2 Å². The zero-order chi connectivity index (χ0) is 21.8. The third-order valence-corrected chi connectivity index (χ3v) is 5.43. The molecule has 0 unspecified atom stereocenters. The summed E-state index contributed by atoms with van der Waals surface area (Å²) < 4.78 is 10.7. The summed E-state index contributed by atoms with van der Waals surface area (Å²) in [5, 5.41) is 1.18. The molecule has 31 heavy (non-hydrogen) atoms. The summed E-state index contributed by atoms with van der Waals surface area (Å²) in [6, 6.07) is 19.5. The Labute approximate surface area is 191 Å². The summed E-state index contributed by atoms with van der Waals surface area (Å²) in [4.78, 5) is 7.68. The molecule has 0 saturated heterocycles. The van der Waals surface area contributed by atoms with Crippen molar-refractivity contribution >= 4 is 35.4 Å². The number of hydrogen-bond acceptors (Lipinski definition) is 3. The minimum Gasteiger partial charge on any atom is -0.493 e. The number of methoxy groups -OCH3 is 2. The van der Waals surface area contributed by atoms with Crippen molar-refractivity contribution in [3.8, 4) is 33.9 Å². The van der Waals surface area contributed by atoms with E-state index in [9.17, 15) is 0 Å². The molecule has 0 bridgehead atoms. The molecule has 0 aliphatic carbocycles. The van der Waals surface area contributed by atoms with Gasteiger partial charge in [0.15, 0.2) is 11.5 Å². The molecule has 1 heterocycles. The number of aromatic nitrogens is 2. The average molecular weight is 451 g/mol. The Morgan fingerprint density at radius 2 is 1.55 bits per heavy atom. The number of aromatic amines is 1. The number of imidazole rings is 1. The topological polar surface area (TPSA) is 47.1 Å². The van der Waals surface area contributed by atoms with Gasteiger partial charge in [-0.25, -0.2) is 4.98 Å². The van der Waals surface area contributed by atoms with Crippen LogP contribution in [-0.2, 0) is 0 Å². The van der Waals surface area contributed by atoms with Crippen LogP contribution in [0.2, 0.25) is 10.0 Å². The maximum Gasteiger partial charge on any atom is 0.161 e. The van der Waals surface area contributed by atoms with E-state index >= 15 is 0 Å². The molecule has 156 valence electrons. The highest BCUT2D eigenvalue weighted by atomic mass is 35.5. The summed E-state index contributed by atoms with van der Waals surface area (Å²) in [7, 11) is 3.27. The van der Waals surface area contributed by atoms with E-state index in [2.05, 4.69) is 34.2 Å². The Kier molecular flexibility index (Phi) is 6.31. The third kappa shape index (κ3) is 4.76. The number of nitrogens with zero attached hydrogens (tertiary/aromatic N) is 1. The largest absolute Gasteiger partial charge is 0.493 e. The van der Waals surface area contributed by atoms with Gasteiger partial charge in [0.1, 0.15) is 5.82 Å². The molecule has 0 amide bonds. The fourth-order valence-corrected chi connectivity index (χ4v) is 3.75. The van der Waals surface area contributed by atoms with Crippen LogP contribution in [0.15, 0.2) is 66.9 Å². The molecule has 1 aromatic heterocycles. The number of H-pyrrole nitrogens is 1. The highest BCUT2D eigenvalue weighted by Crippen LogP contribution is 2.32. The summed E-state index contributed by atoms with van der Waals surface area (Å²) in [6.07, 6.45) is 5.69. The minimum absolute atomic E-state index is 0.581. The standard InChI is InChI=1S/C25H20Cl2N2O2/c1-30-23-11-8-18(13-24(23)31-2)17-6-3-16(4-7-17)5-12-25-28-15-22(29-25)20-10-9-19(26)14-21(20)27/h3-15H,1-2H3,(H,28,29). The number of benzene rings is 3. The predicted molar refractivity (Wildman–Crippen MR) is 128 cm³/mol. The second-order valence-electron chi connectivity index (χ2n) is 6.83. The smallest absolute Gasteiger partial charge is 0.161 e. The van der Waals surface area contributed by atoms with Gasteiger partial charge in [0.25, 0.3) is 0 Å². The lowest BCUT2D eigenvalue weighted by atomic mass is 10.0. The molecule has 0 atom stereocenters. The molecule has 0 fully saturated rings. The quantitative estimate of drug-likeness (QED) is 0.336. The molecule has 1 N–H and O–H groups in total. The molecule has 0 radical (unpaired) electrons. The number of halogens is 2. The number of rotatable bonds is 6. The van der Waals surface area contributed by atoms with E-state index in [1.807, 2.05) is 36.4 Å². The fraction of sp³-hybridized carbons (Fsp3) is 0.0800. The monoisotopic (exact) mass is 450 g/mol. The van der Waals surface area contributed by atoms with Gasteiger partial charge < -0.3 is 14.5 Å². The maximum atomic E-state index is 6.28. The zero-order valence-electron chi connectivity index (χ0n) is 17.0. The maximum absolute atomic E-state index is 6.28. The summed E-state index contributed by atoms with van der Waals surface area (Å²) in [6.45, 7) is 0. The van der Waals surface area contributed by atoms with E-state index in [1.54, 1.807) is 32.5 Å². The van der Waals surface area contributed by atoms with Gasteiger partial charge in [0, 0.05) is 10.6 Å². The third-order valence-electron chi connectivity index (χ3n) is 4.88. The fourth-order valence-electron chi connectivity index (χ4n) is 3.24. The van der Waals surface area contributed by atoms with Gasteiger partial charge in [0.05, 0.1) is 31.1 Å². The summed E-state index contributed by atoms with van der Waals surface area (Å²) in [5.74, 6) is 2.16. The first kappa shape index (κ1) is 21.0. The number of nitrogens with one attached hydrogen (secondary N) is 1. The van der Waals surface area contributed by atoms with Crippen molar-refractivity contribution in [1.82, 2.24) is 9.97 Å². The Morgan fingerprint density at radius 3 is 2.26 bits per heavy atom. The van der Waals surface area contributed by atoms with Gasteiger partial charge in [-0.05, 0) is 53.1 Å². The van der Waals surface area contributed by atoms with Crippen molar-refractivity contribution in [3.05, 3.63) is 88.3 Å². The van der Waals surface area contributed by atoms with E-state index in [0.29, 0.717) is 21.5 Å². The van der Waals surface area contributed by atoms with Crippen LogP contribution in [0.25, 0.3) is 34.5 Å². The van der Waals surface area contributed by atoms with Gasteiger partial charge in [-0.3, -0.25) is 0 Å². The molecule has 0 spiro atoms. The molecule has 6 heteroatoms. The van der Waals surface area contributed by atoms with E-state index in [-0.39, 0.29) is 0 Å². The average Bonchev–Trinajstić information content (AvgIpc) is 3.26. The number of hydrogen-bond donors (Lipinski definition) is 1. The van der Waals surface area contributed by atoms with E-state index in [1.165, 1.54) is 0 Å². The Bertz CT molecular complexity index is 1230. The van der Waals surface area contributed by atoms with Gasteiger partial charge in [-0.1, -0.05) is 59.6 Å². The van der Waals surface area contributed by atoms with Crippen molar-refractivity contribution in [2.24, 2.45) is 0 Å². The molecular weight excluding hydrogens is 431 g/mol. The molecule has 0 saturated carbocycles. The highest BCUT2D eigenvalue weighted by molar-refractivity contribution is 6.36. The normalized spacial score (nSPS) is 11.1. The SMILES string of the molecule is COc1ccc(-c2ccc(C=Cc3ncc(-c4ccc(Cl)cc4Cl)[nH]3)cc2)cc1OC. The van der Waals surface area contributed by atoms with Gasteiger partial charge >= 0.3 is 0 Å². The van der Waals surface area contributed by atoms with Crippen LogP contribution in [0, 0.1) is 0 Å². The van der Waals surface area contributed by atoms with Crippen LogP contribution in [0.5, 0.6) is 11.5 Å². The summed E-state index contributed by atoms with van der Waals surface area (Å²) in [5.41, 5.74) is 4.91. The van der Waals surface area contributed by atoms with Crippen LogP contribution in [0.3, 0.4) is 0 Å². The van der Waals surface area contributed by atoms with Crippen LogP contribution in [0.4, 0.5) is 0 Å². The Morgan fingerprint density at radius 1 is 0.806 bits per heavy atom. The second kappa shape index (κ2) is 9.29. The molecule has 4 rings (SSSR count). The Balaban J connectivity index is 1.50. The van der Waals surface area contributed by atoms with Gasteiger partial charge in [-0.15, -0.1) is 0 Å². The van der Waals surface area contributed by atoms with Crippen LogP contribution < -0.4 is 9.47 Å². The van der Waals surface area contributed by atoms with E-state index in [0.717, 1.165) is 33.8 Å². The first-order chi connectivity index (χ1) is 15.1. The molecule has 0 aliphatic heterocycles. The van der Waals surface area contributed by atoms with Gasteiger partial charge in [0.2, 0.25) is 0 Å². The first-order valence-corrected chi connectivity index (χ1v) is 10.3. The lowest BCUT2D eigenvalue weighted by Gasteiger charge is -2.09. The lowest BCUT2D eigenvalue weighted by Crippen LogP contribution is -1.90. The summed E-state index contributed by atoms with van der Waals surface area (Å²) >= 11 is 12.3. The van der Waals surface area contributed by atoms with E-state index < -0.39 is 0 Å². The van der Waals surface area contributed by atoms with Crippen molar-refractivity contribution < 1.29 is 9.47 Å². The molecular formula is C25H20Cl2N2O2. The first-order valence-electron chi connectivity index (χ1n) is 9.58. The van der Waals surface area contributed by atoms with E-state index in [4.69, 9.17) is 32.7 Å². The van der Waals surface area contributed by atoms with Crippen molar-refractivity contribution in [2.75, 3.05) is 14.2 Å². The molecule has 4 nitrogen and oxygen atoms in total. The van der Waals surface area contributed by atoms with Crippen LogP contribution in [-0.4, -0.2) is 24.2 Å². The van der Waals surface area contributed by atoms with Crippen molar-refractivity contribution in [2.45, 2.75) is 0 Å². The van der Waals surface area contributed by atoms with Crippen LogP contribution in [0.1, 0.15) is 11.4 Å². The second-order valence-corrected chi connectivity index (χ2v) is 7.68. The van der Waals surface area contributed by atoms with Gasteiger partial charge in [-0.2, -0.15) is 0 Å². The molecule has 3 aromatic carbocycles. The Hall–Kier alpha value is -3.21. The van der Waals surface area contributed by atoms with Crippen molar-refractivity contribution in [3.63, 3.8) is 0 Å². The van der Waals surface area contributed by atoms with Crippen molar-refractivity contribution in [1.29, 1.82) is 0 Å². The lowest BCUT2D eigenvalue weighted by molar-refractivity contribution is 0.355. The predicted octanol–water partition coefficient (Wildman–Crippen LogP) is 7.24. The zero-order valence-corrected chi connectivity index (χ0v) is 18.5.